The predicted octanol–water partition coefficient (Wildman–Crippen LogP) is 7.02. The zero-order chi connectivity index (χ0) is 28.0. The predicted molar refractivity (Wildman–Crippen MR) is 134 cm³/mol. The first kappa shape index (κ1) is 30.0. The molecule has 0 radical (unpaired) electrons. The number of aromatic carboxylic acids is 1. The van der Waals surface area contributed by atoms with E-state index in [2.05, 4.69) is 4.90 Å². The van der Waals surface area contributed by atoms with E-state index in [1.54, 1.807) is 6.07 Å². The zero-order valence-corrected chi connectivity index (χ0v) is 21.8. The normalized spacial score (nSPS) is 16.5. The third-order valence-corrected chi connectivity index (χ3v) is 6.85. The molecule has 12 heteroatoms. The summed E-state index contributed by atoms with van der Waals surface area (Å²) < 4.78 is 51.8. The molecule has 38 heavy (non-hydrogen) atoms. The van der Waals surface area contributed by atoms with Crippen LogP contribution in [0.4, 0.5) is 17.6 Å². The van der Waals surface area contributed by atoms with Crippen LogP contribution < -0.4 is 4.74 Å². The maximum atomic E-state index is 14.1. The highest BCUT2D eigenvalue weighted by Crippen LogP contribution is 2.45. The van der Waals surface area contributed by atoms with Gasteiger partial charge in [-0.25, -0.2) is 14.0 Å². The van der Waals surface area contributed by atoms with Crippen molar-refractivity contribution in [2.75, 3.05) is 19.7 Å². The lowest BCUT2D eigenvalue weighted by molar-refractivity contribution is -0.192. The first-order valence-electron chi connectivity index (χ1n) is 12.0. The summed E-state index contributed by atoms with van der Waals surface area (Å²) in [7, 11) is 0. The van der Waals surface area contributed by atoms with Crippen molar-refractivity contribution in [1.82, 2.24) is 4.90 Å². The minimum atomic E-state index is -5.08. The molecule has 2 aromatic rings. The van der Waals surface area contributed by atoms with E-state index in [1.807, 2.05) is 12.1 Å². The third-order valence-electron chi connectivity index (χ3n) is 6.41. The van der Waals surface area contributed by atoms with E-state index in [0.717, 1.165) is 62.9 Å². The van der Waals surface area contributed by atoms with Crippen molar-refractivity contribution in [3.8, 4) is 5.75 Å². The Bertz CT molecular complexity index is 1130. The highest BCUT2D eigenvalue weighted by molar-refractivity contribution is 6.34. The molecule has 1 saturated heterocycles. The molecule has 2 aromatic carbocycles. The van der Waals surface area contributed by atoms with Gasteiger partial charge in [0.2, 0.25) is 0 Å². The Morgan fingerprint density at radius 2 is 1.55 bits per heavy atom. The zero-order valence-electron chi connectivity index (χ0n) is 20.2. The molecule has 4 rings (SSSR count). The molecule has 2 aliphatic rings. The Kier molecular flexibility index (Phi) is 10.3. The third kappa shape index (κ3) is 9.03. The number of rotatable bonds is 8. The second-order valence-corrected chi connectivity index (χ2v) is 10.3. The van der Waals surface area contributed by atoms with Crippen molar-refractivity contribution < 1.29 is 42.1 Å². The molecule has 0 aromatic heterocycles. The molecule has 2 N–H and O–H groups in total. The van der Waals surface area contributed by atoms with Gasteiger partial charge in [0.1, 0.15) is 11.6 Å². The van der Waals surface area contributed by atoms with Gasteiger partial charge in [0.25, 0.3) is 0 Å². The Balaban J connectivity index is 0.000000505. The summed E-state index contributed by atoms with van der Waals surface area (Å²) in [6, 6.07) is 8.36. The van der Waals surface area contributed by atoms with Gasteiger partial charge in [0, 0.05) is 22.7 Å². The summed E-state index contributed by atoms with van der Waals surface area (Å²) in [5.74, 6) is -3.38. The monoisotopic (exact) mass is 579 g/mol. The van der Waals surface area contributed by atoms with E-state index in [-0.39, 0.29) is 11.5 Å². The molecule has 208 valence electrons. The molecular formula is C26H27Cl2F4NO5. The first-order chi connectivity index (χ1) is 17.8. The van der Waals surface area contributed by atoms with Crippen LogP contribution in [-0.4, -0.2) is 52.9 Å². The summed E-state index contributed by atoms with van der Waals surface area (Å²) in [5.41, 5.74) is 1.68. The van der Waals surface area contributed by atoms with Gasteiger partial charge in [0.05, 0.1) is 12.2 Å². The van der Waals surface area contributed by atoms with Crippen molar-refractivity contribution in [2.45, 2.75) is 50.7 Å². The van der Waals surface area contributed by atoms with Gasteiger partial charge in [-0.05, 0) is 92.4 Å². The number of benzene rings is 2. The topological polar surface area (TPSA) is 87.1 Å². The lowest BCUT2D eigenvalue weighted by atomic mass is 9.93. The van der Waals surface area contributed by atoms with Crippen molar-refractivity contribution >= 4 is 35.1 Å². The van der Waals surface area contributed by atoms with E-state index in [1.165, 1.54) is 12.1 Å². The fourth-order valence-corrected chi connectivity index (χ4v) is 4.87. The Morgan fingerprint density at radius 3 is 2.05 bits per heavy atom. The molecule has 2 fully saturated rings. The molecule has 1 aliphatic carbocycles. The summed E-state index contributed by atoms with van der Waals surface area (Å²) in [6.45, 7) is 3.36. The van der Waals surface area contributed by atoms with Gasteiger partial charge in [0.15, 0.2) is 0 Å². The fourth-order valence-electron chi connectivity index (χ4n) is 4.30. The van der Waals surface area contributed by atoms with Gasteiger partial charge in [-0.2, -0.15) is 13.2 Å². The number of hydrogen-bond acceptors (Lipinski definition) is 4. The van der Waals surface area contributed by atoms with Crippen LogP contribution in [-0.2, 0) is 11.3 Å². The standard InChI is InChI=1S/C24H26Cl2FNO3.C2HF3O2/c25-18-9-16(10-19(26)11-18)14-28-6-3-15(4-7-28)5-8-31-23-13-22(27)21(24(29)30)12-20(23)17-1-2-17;3-2(4,5)1(6)7/h9-13,15,17H,1-8,14H2,(H,29,30);(H,6,7). The van der Waals surface area contributed by atoms with E-state index >= 15 is 0 Å². The minimum Gasteiger partial charge on any atom is -0.493 e. The summed E-state index contributed by atoms with van der Waals surface area (Å²) in [6.07, 6.45) is -0.0170. The highest BCUT2D eigenvalue weighted by Gasteiger charge is 2.38. The van der Waals surface area contributed by atoms with Crippen LogP contribution in [0.5, 0.6) is 5.75 Å². The average Bonchev–Trinajstić information content (AvgIpc) is 3.64. The van der Waals surface area contributed by atoms with E-state index in [4.69, 9.17) is 37.8 Å². The van der Waals surface area contributed by atoms with Gasteiger partial charge in [-0.1, -0.05) is 23.2 Å². The largest absolute Gasteiger partial charge is 0.493 e. The molecule has 0 spiro atoms. The lowest BCUT2D eigenvalue weighted by Crippen LogP contribution is -2.33. The molecule has 6 nitrogen and oxygen atoms in total. The highest BCUT2D eigenvalue weighted by atomic mass is 35.5. The van der Waals surface area contributed by atoms with Crippen LogP contribution in [0.25, 0.3) is 0 Å². The fraction of sp³-hybridized carbons (Fsp3) is 0.462. The van der Waals surface area contributed by atoms with Crippen LogP contribution in [0.15, 0.2) is 30.3 Å². The summed E-state index contributed by atoms with van der Waals surface area (Å²) in [5, 5.41) is 17.6. The van der Waals surface area contributed by atoms with E-state index in [0.29, 0.717) is 28.3 Å². The first-order valence-corrected chi connectivity index (χ1v) is 12.8. The average molecular weight is 580 g/mol. The summed E-state index contributed by atoms with van der Waals surface area (Å²) in [4.78, 5) is 22.5. The maximum Gasteiger partial charge on any atom is 0.490 e. The number of nitrogens with zero attached hydrogens (tertiary/aromatic N) is 1. The van der Waals surface area contributed by atoms with Crippen LogP contribution in [0.1, 0.15) is 59.5 Å². The maximum absolute atomic E-state index is 14.1. The Hall–Kier alpha value is -2.56. The Morgan fingerprint density at radius 1 is 0.974 bits per heavy atom. The number of piperidine rings is 1. The van der Waals surface area contributed by atoms with Crippen molar-refractivity contribution in [3.05, 3.63) is 62.9 Å². The van der Waals surface area contributed by atoms with Crippen molar-refractivity contribution in [1.29, 1.82) is 0 Å². The van der Waals surface area contributed by atoms with E-state index in [9.17, 15) is 27.5 Å². The van der Waals surface area contributed by atoms with Crippen molar-refractivity contribution in [3.63, 3.8) is 0 Å². The molecular weight excluding hydrogens is 553 g/mol. The van der Waals surface area contributed by atoms with Gasteiger partial charge in [-0.3, -0.25) is 4.90 Å². The number of ether oxygens (including phenoxy) is 1. The minimum absolute atomic E-state index is 0.275. The van der Waals surface area contributed by atoms with Crippen LogP contribution >= 0.6 is 23.2 Å². The van der Waals surface area contributed by atoms with Gasteiger partial charge >= 0.3 is 18.1 Å². The second-order valence-electron chi connectivity index (χ2n) is 9.39. The number of carboxylic acid groups (broad SMARTS) is 2. The molecule has 0 bridgehead atoms. The number of hydrogen-bond donors (Lipinski definition) is 2. The van der Waals surface area contributed by atoms with Crippen molar-refractivity contribution in [2.24, 2.45) is 5.92 Å². The number of likely N-dealkylation sites (tertiary alicyclic amines) is 1. The van der Waals surface area contributed by atoms with E-state index < -0.39 is 23.9 Å². The Labute approximate surface area is 227 Å². The van der Waals surface area contributed by atoms with Gasteiger partial charge in [-0.15, -0.1) is 0 Å². The lowest BCUT2D eigenvalue weighted by Gasteiger charge is -2.32. The molecule has 0 atom stereocenters. The quantitative estimate of drug-likeness (QED) is 0.327. The number of carbonyl (C=O) groups is 2. The number of carboxylic acids is 2. The smallest absolute Gasteiger partial charge is 0.490 e. The molecule has 1 heterocycles. The summed E-state index contributed by atoms with van der Waals surface area (Å²) >= 11 is 12.2. The van der Waals surface area contributed by atoms with Gasteiger partial charge < -0.3 is 14.9 Å². The second kappa shape index (κ2) is 13.0. The number of halogens is 6. The molecule has 0 amide bonds. The van der Waals surface area contributed by atoms with Crippen LogP contribution in [0.3, 0.4) is 0 Å². The number of aliphatic carboxylic acids is 1. The van der Waals surface area contributed by atoms with Crippen LogP contribution in [0, 0.1) is 11.7 Å². The molecule has 1 aliphatic heterocycles. The SMILES string of the molecule is O=C(O)C(F)(F)F.O=C(O)c1cc(C2CC2)c(OCCC2CCN(Cc3cc(Cl)cc(Cl)c3)CC2)cc1F. The molecule has 0 unspecified atom stereocenters. The molecule has 1 saturated carbocycles. The number of alkyl halides is 3. The van der Waals surface area contributed by atoms with Crippen LogP contribution in [0.2, 0.25) is 10.0 Å².